The Kier molecular flexibility index (Phi) is 4.86. The zero-order valence-electron chi connectivity index (χ0n) is 16.6. The van der Waals surface area contributed by atoms with Crippen LogP contribution in [0.15, 0.2) is 30.3 Å². The van der Waals surface area contributed by atoms with E-state index in [0.717, 1.165) is 6.42 Å². The lowest BCUT2D eigenvalue weighted by Crippen LogP contribution is -2.58. The van der Waals surface area contributed by atoms with E-state index in [1.165, 1.54) is 31.4 Å². The van der Waals surface area contributed by atoms with Gasteiger partial charge in [-0.25, -0.2) is 4.79 Å². The number of carboxylic acid groups (broad SMARTS) is 1. The average molecular weight is 422 g/mol. The molecule has 0 aliphatic heterocycles. The first-order chi connectivity index (χ1) is 14.1. The van der Waals surface area contributed by atoms with Crippen LogP contribution in [-0.4, -0.2) is 36.0 Å². The summed E-state index contributed by atoms with van der Waals surface area (Å²) in [6.07, 6.45) is 1.00. The quantitative estimate of drug-likeness (QED) is 0.703. The van der Waals surface area contributed by atoms with Crippen LogP contribution in [0.4, 0.5) is 8.78 Å². The van der Waals surface area contributed by atoms with E-state index < -0.39 is 34.8 Å². The number of halogens is 2. The topological polar surface area (TPSA) is 89.9 Å². The van der Waals surface area contributed by atoms with Crippen molar-refractivity contribution >= 4 is 17.9 Å². The number of carboxylic acids is 1. The van der Waals surface area contributed by atoms with Crippen LogP contribution in [0.3, 0.4) is 0 Å². The maximum Gasteiger partial charge on any atom is 0.382 e. The highest BCUT2D eigenvalue weighted by Crippen LogP contribution is 2.66. The Morgan fingerprint density at radius 2 is 1.57 bits per heavy atom. The lowest BCUT2D eigenvalue weighted by Gasteiger charge is -2.59. The van der Waals surface area contributed by atoms with E-state index in [0.29, 0.717) is 25.7 Å². The minimum absolute atomic E-state index is 0.0920. The molecule has 162 valence electrons. The van der Waals surface area contributed by atoms with E-state index in [2.05, 4.69) is 0 Å². The van der Waals surface area contributed by atoms with E-state index in [4.69, 9.17) is 14.6 Å². The Morgan fingerprint density at radius 3 is 2.07 bits per heavy atom. The fraction of sp³-hybridized carbons (Fsp3) is 0.591. The first-order valence-electron chi connectivity index (χ1n) is 10.1. The molecule has 0 heterocycles. The van der Waals surface area contributed by atoms with Gasteiger partial charge in [-0.15, -0.1) is 0 Å². The fourth-order valence-corrected chi connectivity index (χ4v) is 6.28. The number of aliphatic carboxylic acids is 1. The van der Waals surface area contributed by atoms with E-state index in [-0.39, 0.29) is 29.8 Å². The first kappa shape index (κ1) is 20.8. The average Bonchev–Trinajstić information content (AvgIpc) is 2.70. The number of hydrogen-bond donors (Lipinski definition) is 1. The molecular formula is C22H24F2O6. The Morgan fingerprint density at radius 1 is 1.03 bits per heavy atom. The second-order valence-electron chi connectivity index (χ2n) is 9.14. The number of esters is 2. The summed E-state index contributed by atoms with van der Waals surface area (Å²) in [5.41, 5.74) is -1.96. The predicted molar refractivity (Wildman–Crippen MR) is 99.4 cm³/mol. The molecule has 4 saturated carbocycles. The van der Waals surface area contributed by atoms with Crippen LogP contribution in [0.1, 0.15) is 50.2 Å². The summed E-state index contributed by atoms with van der Waals surface area (Å²) in [6, 6.07) is 7.17. The number of rotatable bonds is 6. The van der Waals surface area contributed by atoms with Crippen LogP contribution in [-0.2, 0) is 23.9 Å². The van der Waals surface area contributed by atoms with Gasteiger partial charge in [-0.05, 0) is 55.9 Å². The molecule has 4 bridgehead atoms. The molecule has 30 heavy (non-hydrogen) atoms. The van der Waals surface area contributed by atoms with Crippen molar-refractivity contribution in [2.24, 2.45) is 22.7 Å². The number of benzene rings is 1. The molecule has 3 atom stereocenters. The zero-order valence-corrected chi connectivity index (χ0v) is 16.6. The lowest BCUT2D eigenvalue weighted by molar-refractivity contribution is -0.213. The van der Waals surface area contributed by atoms with Crippen molar-refractivity contribution in [3.05, 3.63) is 35.9 Å². The number of hydrogen-bond acceptors (Lipinski definition) is 5. The van der Waals surface area contributed by atoms with Crippen LogP contribution in [0, 0.1) is 22.7 Å². The second kappa shape index (κ2) is 7.03. The Bertz CT molecular complexity index is 854. The Hall–Kier alpha value is -2.51. The molecule has 4 aliphatic carbocycles. The zero-order chi connectivity index (χ0) is 21.7. The van der Waals surface area contributed by atoms with Gasteiger partial charge in [-0.2, -0.15) is 8.78 Å². The summed E-state index contributed by atoms with van der Waals surface area (Å²) in [5, 5.41) is 9.06. The highest BCUT2D eigenvalue weighted by atomic mass is 19.3. The molecule has 1 N–H and O–H groups in total. The third-order valence-corrected chi connectivity index (χ3v) is 7.05. The van der Waals surface area contributed by atoms with Gasteiger partial charge in [0.1, 0.15) is 0 Å². The summed E-state index contributed by atoms with van der Waals surface area (Å²) in [4.78, 5) is 37.1. The highest BCUT2D eigenvalue weighted by molar-refractivity contribution is 5.84. The SMILES string of the molecule is COC(=O)C12CC3CC(C1)CC(C(=O)OC(c1ccccc1)C(F)(F)C(=O)O)(C3)C2. The summed E-state index contributed by atoms with van der Waals surface area (Å²) < 4.78 is 39.4. The van der Waals surface area contributed by atoms with Gasteiger partial charge in [0.05, 0.1) is 17.9 Å². The van der Waals surface area contributed by atoms with Crippen molar-refractivity contribution in [2.45, 2.75) is 50.6 Å². The summed E-state index contributed by atoms with van der Waals surface area (Å²) in [6.45, 7) is 0. The molecule has 5 rings (SSSR count). The van der Waals surface area contributed by atoms with Crippen LogP contribution in [0.5, 0.6) is 0 Å². The van der Waals surface area contributed by atoms with Gasteiger partial charge in [0.2, 0.25) is 6.10 Å². The molecule has 4 aliphatic rings. The van der Waals surface area contributed by atoms with Gasteiger partial charge in [0, 0.05) is 0 Å². The van der Waals surface area contributed by atoms with E-state index in [9.17, 15) is 23.2 Å². The minimum Gasteiger partial charge on any atom is -0.477 e. The molecule has 0 amide bonds. The molecule has 1 aromatic carbocycles. The van der Waals surface area contributed by atoms with Crippen LogP contribution in [0.25, 0.3) is 0 Å². The number of methoxy groups -OCH3 is 1. The number of ether oxygens (including phenoxy) is 2. The van der Waals surface area contributed by atoms with Crippen molar-refractivity contribution in [1.82, 2.24) is 0 Å². The molecule has 0 spiro atoms. The number of carbonyl (C=O) groups is 3. The monoisotopic (exact) mass is 422 g/mol. The van der Waals surface area contributed by atoms with E-state index in [1.54, 1.807) is 6.07 Å². The summed E-state index contributed by atoms with van der Waals surface area (Å²) in [5.74, 6) is -7.63. The second-order valence-corrected chi connectivity index (χ2v) is 9.14. The maximum atomic E-state index is 14.5. The smallest absolute Gasteiger partial charge is 0.382 e. The van der Waals surface area contributed by atoms with Gasteiger partial charge in [0.15, 0.2) is 0 Å². The predicted octanol–water partition coefficient (Wildman–Crippen LogP) is 3.75. The largest absolute Gasteiger partial charge is 0.477 e. The van der Waals surface area contributed by atoms with Crippen molar-refractivity contribution < 1.29 is 37.7 Å². The molecular weight excluding hydrogens is 398 g/mol. The highest BCUT2D eigenvalue weighted by Gasteiger charge is 2.65. The van der Waals surface area contributed by atoms with Crippen LogP contribution in [0.2, 0.25) is 0 Å². The standard InChI is InChI=1S/C22H24F2O6/c1-29-18(27)20-8-13-7-14(9-20)11-21(10-13,12-20)19(28)30-16(22(23,24)17(25)26)15-5-3-2-4-6-15/h2-6,13-14,16H,7-12H2,1H3,(H,25,26). The van der Waals surface area contributed by atoms with Crippen molar-refractivity contribution in [3.63, 3.8) is 0 Å². The van der Waals surface area contributed by atoms with Crippen LogP contribution >= 0.6 is 0 Å². The third-order valence-electron chi connectivity index (χ3n) is 7.05. The van der Waals surface area contributed by atoms with Gasteiger partial charge in [-0.3, -0.25) is 9.59 Å². The fourth-order valence-electron chi connectivity index (χ4n) is 6.28. The number of alkyl halides is 2. The van der Waals surface area contributed by atoms with Crippen molar-refractivity contribution in [1.29, 1.82) is 0 Å². The minimum atomic E-state index is -4.29. The maximum absolute atomic E-state index is 14.5. The third kappa shape index (κ3) is 3.17. The number of carbonyl (C=O) groups excluding carboxylic acids is 2. The molecule has 3 unspecified atom stereocenters. The van der Waals surface area contributed by atoms with E-state index >= 15 is 0 Å². The van der Waals surface area contributed by atoms with Crippen molar-refractivity contribution in [3.8, 4) is 0 Å². The normalized spacial score (nSPS) is 33.0. The summed E-state index contributed by atoms with van der Waals surface area (Å²) in [7, 11) is 1.31. The van der Waals surface area contributed by atoms with Gasteiger partial charge in [0.25, 0.3) is 0 Å². The van der Waals surface area contributed by atoms with Crippen molar-refractivity contribution in [2.75, 3.05) is 7.11 Å². The Labute approximate surface area is 172 Å². The molecule has 0 saturated heterocycles. The Balaban J connectivity index is 1.66. The van der Waals surface area contributed by atoms with Crippen LogP contribution < -0.4 is 0 Å². The molecule has 8 heteroatoms. The lowest BCUT2D eigenvalue weighted by atomic mass is 9.44. The summed E-state index contributed by atoms with van der Waals surface area (Å²) >= 11 is 0. The molecule has 0 aromatic heterocycles. The molecule has 0 radical (unpaired) electrons. The van der Waals surface area contributed by atoms with Gasteiger partial charge in [-0.1, -0.05) is 30.3 Å². The van der Waals surface area contributed by atoms with Gasteiger partial charge < -0.3 is 14.6 Å². The van der Waals surface area contributed by atoms with Gasteiger partial charge >= 0.3 is 23.8 Å². The molecule has 4 fully saturated rings. The van der Waals surface area contributed by atoms with E-state index in [1.807, 2.05) is 0 Å². The molecule has 1 aromatic rings. The molecule has 6 nitrogen and oxygen atoms in total. The first-order valence-corrected chi connectivity index (χ1v) is 10.1.